The average molecular weight is 214 g/mol. The summed E-state index contributed by atoms with van der Waals surface area (Å²) in [6.45, 7) is 4.05. The minimum Gasteiger partial charge on any atom is -0.366 e. The molecule has 0 spiro atoms. The van der Waals surface area contributed by atoms with Crippen molar-refractivity contribution < 1.29 is 0 Å². The van der Waals surface area contributed by atoms with Crippen molar-refractivity contribution in [3.8, 4) is 0 Å². The average Bonchev–Trinajstić information content (AvgIpc) is 2.20. The molecule has 1 rings (SSSR count). The molecule has 78 valence electrons. The lowest BCUT2D eigenvalue weighted by molar-refractivity contribution is 0.669. The third kappa shape index (κ3) is 3.50. The zero-order valence-electron chi connectivity index (χ0n) is 8.63. The lowest BCUT2D eigenvalue weighted by atomic mass is 10.2. The van der Waals surface area contributed by atoms with Crippen molar-refractivity contribution in [1.82, 2.24) is 10.2 Å². The SMILES string of the molecule is CCC(CCCl)Nc1ccc(C)nn1. The Bertz CT molecular complexity index is 261. The first-order chi connectivity index (χ1) is 6.76. The van der Waals surface area contributed by atoms with Crippen LogP contribution in [-0.4, -0.2) is 22.1 Å². The van der Waals surface area contributed by atoms with Crippen molar-refractivity contribution >= 4 is 17.4 Å². The van der Waals surface area contributed by atoms with Crippen LogP contribution in [0, 0.1) is 6.92 Å². The van der Waals surface area contributed by atoms with Gasteiger partial charge < -0.3 is 5.32 Å². The molecular formula is C10H16ClN3. The van der Waals surface area contributed by atoms with Crippen LogP contribution in [0.25, 0.3) is 0 Å². The summed E-state index contributed by atoms with van der Waals surface area (Å²) in [7, 11) is 0. The molecule has 0 aliphatic rings. The largest absolute Gasteiger partial charge is 0.366 e. The summed E-state index contributed by atoms with van der Waals surface area (Å²) in [5, 5.41) is 11.3. The Hall–Kier alpha value is -0.830. The Morgan fingerprint density at radius 2 is 2.21 bits per heavy atom. The number of hydrogen-bond acceptors (Lipinski definition) is 3. The summed E-state index contributed by atoms with van der Waals surface area (Å²) in [6.07, 6.45) is 2.00. The third-order valence-corrected chi connectivity index (χ3v) is 2.32. The van der Waals surface area contributed by atoms with Gasteiger partial charge in [-0.2, -0.15) is 5.10 Å². The summed E-state index contributed by atoms with van der Waals surface area (Å²) in [6, 6.07) is 4.28. The number of anilines is 1. The Morgan fingerprint density at radius 1 is 1.43 bits per heavy atom. The van der Waals surface area contributed by atoms with E-state index in [0.717, 1.165) is 24.4 Å². The molecule has 0 bridgehead atoms. The Labute approximate surface area is 89.9 Å². The molecule has 0 radical (unpaired) electrons. The molecular weight excluding hydrogens is 198 g/mol. The van der Waals surface area contributed by atoms with E-state index < -0.39 is 0 Å². The van der Waals surface area contributed by atoms with Crippen LogP contribution < -0.4 is 5.32 Å². The normalized spacial score (nSPS) is 12.5. The number of rotatable bonds is 5. The van der Waals surface area contributed by atoms with Gasteiger partial charge in [0.1, 0.15) is 5.82 Å². The zero-order chi connectivity index (χ0) is 10.4. The van der Waals surface area contributed by atoms with Gasteiger partial charge in [0.15, 0.2) is 0 Å². The monoisotopic (exact) mass is 213 g/mol. The number of aryl methyl sites for hydroxylation is 1. The van der Waals surface area contributed by atoms with Crippen LogP contribution in [0.15, 0.2) is 12.1 Å². The predicted octanol–water partition coefficient (Wildman–Crippen LogP) is 2.60. The molecule has 1 atom stereocenters. The molecule has 1 heterocycles. The van der Waals surface area contributed by atoms with Gasteiger partial charge in [-0.1, -0.05) is 6.92 Å². The molecule has 0 amide bonds. The fourth-order valence-corrected chi connectivity index (χ4v) is 1.46. The second-order valence-corrected chi connectivity index (χ2v) is 3.67. The van der Waals surface area contributed by atoms with E-state index in [9.17, 15) is 0 Å². The highest BCUT2D eigenvalue weighted by Gasteiger charge is 2.05. The summed E-state index contributed by atoms with van der Waals surface area (Å²) in [4.78, 5) is 0. The third-order valence-electron chi connectivity index (χ3n) is 2.10. The number of halogens is 1. The molecule has 0 fully saturated rings. The van der Waals surface area contributed by atoms with Gasteiger partial charge >= 0.3 is 0 Å². The first kappa shape index (κ1) is 11.2. The number of hydrogen-bond donors (Lipinski definition) is 1. The molecule has 0 aromatic carbocycles. The van der Waals surface area contributed by atoms with E-state index in [0.29, 0.717) is 11.9 Å². The van der Waals surface area contributed by atoms with E-state index in [1.54, 1.807) is 0 Å². The van der Waals surface area contributed by atoms with E-state index >= 15 is 0 Å². The highest BCUT2D eigenvalue weighted by Crippen LogP contribution is 2.08. The molecule has 4 heteroatoms. The number of aromatic nitrogens is 2. The van der Waals surface area contributed by atoms with Crippen LogP contribution >= 0.6 is 11.6 Å². The fraction of sp³-hybridized carbons (Fsp3) is 0.600. The van der Waals surface area contributed by atoms with Gasteiger partial charge in [-0.05, 0) is 31.9 Å². The first-order valence-corrected chi connectivity index (χ1v) is 5.42. The highest BCUT2D eigenvalue weighted by atomic mass is 35.5. The summed E-state index contributed by atoms with van der Waals surface area (Å²) in [5.74, 6) is 1.50. The van der Waals surface area contributed by atoms with Gasteiger partial charge in [0, 0.05) is 11.9 Å². The van der Waals surface area contributed by atoms with Crippen molar-refractivity contribution in [2.45, 2.75) is 32.7 Å². The van der Waals surface area contributed by atoms with Crippen LogP contribution in [0.1, 0.15) is 25.5 Å². The quantitative estimate of drug-likeness (QED) is 0.765. The molecule has 14 heavy (non-hydrogen) atoms. The van der Waals surface area contributed by atoms with E-state index in [1.165, 1.54) is 0 Å². The smallest absolute Gasteiger partial charge is 0.148 e. The molecule has 1 unspecified atom stereocenters. The molecule has 0 saturated heterocycles. The van der Waals surface area contributed by atoms with E-state index in [4.69, 9.17) is 11.6 Å². The van der Waals surface area contributed by atoms with Gasteiger partial charge in [0.2, 0.25) is 0 Å². The lowest BCUT2D eigenvalue weighted by Crippen LogP contribution is -2.19. The topological polar surface area (TPSA) is 37.8 Å². The maximum Gasteiger partial charge on any atom is 0.148 e. The molecule has 3 nitrogen and oxygen atoms in total. The van der Waals surface area contributed by atoms with Gasteiger partial charge in [0.25, 0.3) is 0 Å². The van der Waals surface area contributed by atoms with Crippen LogP contribution in [0.3, 0.4) is 0 Å². The van der Waals surface area contributed by atoms with Gasteiger partial charge in [-0.3, -0.25) is 0 Å². The summed E-state index contributed by atoms with van der Waals surface area (Å²) >= 11 is 5.69. The number of nitrogens with one attached hydrogen (secondary N) is 1. The summed E-state index contributed by atoms with van der Waals surface area (Å²) < 4.78 is 0. The van der Waals surface area contributed by atoms with Gasteiger partial charge in [-0.25, -0.2) is 0 Å². The molecule has 0 aliphatic heterocycles. The van der Waals surface area contributed by atoms with E-state index in [1.807, 2.05) is 19.1 Å². The van der Waals surface area contributed by atoms with Crippen molar-refractivity contribution in [2.75, 3.05) is 11.2 Å². The molecule has 1 aromatic rings. The van der Waals surface area contributed by atoms with Crippen molar-refractivity contribution in [3.63, 3.8) is 0 Å². The molecule has 1 N–H and O–H groups in total. The molecule has 0 saturated carbocycles. The maximum atomic E-state index is 5.69. The van der Waals surface area contributed by atoms with Gasteiger partial charge in [0.05, 0.1) is 5.69 Å². The second kappa shape index (κ2) is 5.81. The standard InChI is InChI=1S/C10H16ClN3/c1-3-9(6-7-11)12-10-5-4-8(2)13-14-10/h4-5,9H,3,6-7H2,1-2H3,(H,12,14). The van der Waals surface area contributed by atoms with Crippen LogP contribution in [0.2, 0.25) is 0 Å². The lowest BCUT2D eigenvalue weighted by Gasteiger charge is -2.15. The predicted molar refractivity (Wildman–Crippen MR) is 59.8 cm³/mol. The number of nitrogens with zero attached hydrogens (tertiary/aromatic N) is 2. The Balaban J connectivity index is 2.53. The van der Waals surface area contributed by atoms with Crippen LogP contribution in [-0.2, 0) is 0 Å². The van der Waals surface area contributed by atoms with Crippen molar-refractivity contribution in [1.29, 1.82) is 0 Å². The first-order valence-electron chi connectivity index (χ1n) is 4.89. The minimum atomic E-state index is 0.393. The van der Waals surface area contributed by atoms with Crippen LogP contribution in [0.4, 0.5) is 5.82 Å². The fourth-order valence-electron chi connectivity index (χ4n) is 1.20. The Morgan fingerprint density at radius 3 is 2.71 bits per heavy atom. The van der Waals surface area contributed by atoms with Crippen molar-refractivity contribution in [2.24, 2.45) is 0 Å². The zero-order valence-corrected chi connectivity index (χ0v) is 9.38. The van der Waals surface area contributed by atoms with Crippen molar-refractivity contribution in [3.05, 3.63) is 17.8 Å². The minimum absolute atomic E-state index is 0.393. The highest BCUT2D eigenvalue weighted by molar-refractivity contribution is 6.17. The maximum absolute atomic E-state index is 5.69. The summed E-state index contributed by atoms with van der Waals surface area (Å²) in [5.41, 5.74) is 0.931. The van der Waals surface area contributed by atoms with Gasteiger partial charge in [-0.15, -0.1) is 16.7 Å². The van der Waals surface area contributed by atoms with E-state index in [2.05, 4.69) is 22.4 Å². The number of alkyl halides is 1. The molecule has 1 aromatic heterocycles. The second-order valence-electron chi connectivity index (χ2n) is 3.29. The van der Waals surface area contributed by atoms with E-state index in [-0.39, 0.29) is 0 Å². The Kier molecular flexibility index (Phi) is 4.66. The van der Waals surface area contributed by atoms with Crippen LogP contribution in [0.5, 0.6) is 0 Å². The molecule has 0 aliphatic carbocycles.